The van der Waals surface area contributed by atoms with Gasteiger partial charge in [0.05, 0.1) is 6.20 Å². The highest BCUT2D eigenvalue weighted by atomic mass is 32.2. The first-order valence-electron chi connectivity index (χ1n) is 6.68. The van der Waals surface area contributed by atoms with Gasteiger partial charge in [0, 0.05) is 5.69 Å². The number of aromatic nitrogens is 4. The summed E-state index contributed by atoms with van der Waals surface area (Å²) >= 11 is 1.50. The van der Waals surface area contributed by atoms with E-state index in [4.69, 9.17) is 0 Å². The van der Waals surface area contributed by atoms with Crippen LogP contribution in [0.2, 0.25) is 0 Å². The van der Waals surface area contributed by atoms with E-state index in [2.05, 4.69) is 44.3 Å². The predicted molar refractivity (Wildman–Crippen MR) is 86.0 cm³/mol. The first-order valence-corrected chi connectivity index (χ1v) is 7.90. The van der Waals surface area contributed by atoms with Gasteiger partial charge in [0.15, 0.2) is 11.0 Å². The molecule has 0 saturated carbocycles. The van der Waals surface area contributed by atoms with Gasteiger partial charge in [-0.15, -0.1) is 0 Å². The molecule has 0 saturated heterocycles. The van der Waals surface area contributed by atoms with E-state index in [1.807, 2.05) is 18.4 Å². The number of aryl methyl sites for hydroxylation is 1. The number of fused-ring (bicyclic) bond motifs is 1. The molecular weight excluding hydrogens is 282 g/mol. The van der Waals surface area contributed by atoms with E-state index >= 15 is 0 Å². The molecular formula is C15H15N5S. The van der Waals surface area contributed by atoms with Gasteiger partial charge in [0.1, 0.15) is 17.4 Å². The van der Waals surface area contributed by atoms with Crippen LogP contribution in [0, 0.1) is 0 Å². The standard InChI is InChI=1S/C15H15N5S/c1-3-10-5-4-6-11(7-10)19-14-13-12(17-9-18-14)8-16-15(20-13)21-2/h4-9H,3H2,1-2H3,(H,17,18,19). The van der Waals surface area contributed by atoms with Crippen molar-refractivity contribution in [2.75, 3.05) is 11.6 Å². The maximum Gasteiger partial charge on any atom is 0.188 e. The van der Waals surface area contributed by atoms with Gasteiger partial charge in [-0.1, -0.05) is 30.8 Å². The molecule has 3 aromatic rings. The summed E-state index contributed by atoms with van der Waals surface area (Å²) in [4.78, 5) is 17.3. The molecule has 0 atom stereocenters. The maximum absolute atomic E-state index is 4.50. The van der Waals surface area contributed by atoms with Gasteiger partial charge in [-0.25, -0.2) is 19.9 Å². The van der Waals surface area contributed by atoms with Crippen LogP contribution < -0.4 is 5.32 Å². The lowest BCUT2D eigenvalue weighted by Crippen LogP contribution is -1.99. The van der Waals surface area contributed by atoms with E-state index in [-0.39, 0.29) is 0 Å². The fraction of sp³-hybridized carbons (Fsp3) is 0.200. The van der Waals surface area contributed by atoms with Crippen LogP contribution in [0.5, 0.6) is 0 Å². The molecule has 0 spiro atoms. The number of nitrogens with one attached hydrogen (secondary N) is 1. The van der Waals surface area contributed by atoms with Gasteiger partial charge in [0.2, 0.25) is 0 Å². The average molecular weight is 297 g/mol. The van der Waals surface area contributed by atoms with Crippen LogP contribution in [0.3, 0.4) is 0 Å². The minimum atomic E-state index is 0.700. The Hall–Kier alpha value is -2.21. The molecule has 0 amide bonds. The number of hydrogen-bond acceptors (Lipinski definition) is 6. The highest BCUT2D eigenvalue weighted by Gasteiger charge is 2.07. The normalized spacial score (nSPS) is 10.8. The quantitative estimate of drug-likeness (QED) is 0.588. The number of hydrogen-bond donors (Lipinski definition) is 1. The van der Waals surface area contributed by atoms with Crippen LogP contribution in [-0.4, -0.2) is 26.2 Å². The summed E-state index contributed by atoms with van der Waals surface area (Å²) in [5, 5.41) is 4.03. The number of nitrogens with zero attached hydrogens (tertiary/aromatic N) is 4. The molecule has 0 unspecified atom stereocenters. The summed E-state index contributed by atoms with van der Waals surface area (Å²) < 4.78 is 0. The number of rotatable bonds is 4. The second kappa shape index (κ2) is 6.05. The summed E-state index contributed by atoms with van der Waals surface area (Å²) in [7, 11) is 0. The SMILES string of the molecule is CCc1cccc(Nc2ncnc3cnc(SC)nc23)c1. The monoisotopic (exact) mass is 297 g/mol. The van der Waals surface area contributed by atoms with Gasteiger partial charge in [-0.05, 0) is 30.4 Å². The Balaban J connectivity index is 2.03. The third-order valence-electron chi connectivity index (χ3n) is 3.14. The third kappa shape index (κ3) is 2.95. The van der Waals surface area contributed by atoms with E-state index in [1.54, 1.807) is 6.20 Å². The number of anilines is 2. The molecule has 2 aromatic heterocycles. The molecule has 6 heteroatoms. The van der Waals surface area contributed by atoms with E-state index in [1.165, 1.54) is 23.7 Å². The van der Waals surface area contributed by atoms with Crippen molar-refractivity contribution in [2.45, 2.75) is 18.5 Å². The van der Waals surface area contributed by atoms with Crippen LogP contribution in [0.1, 0.15) is 12.5 Å². The predicted octanol–water partition coefficient (Wildman–Crippen LogP) is 3.45. The smallest absolute Gasteiger partial charge is 0.188 e. The molecule has 1 aromatic carbocycles. The Morgan fingerprint density at radius 2 is 2.10 bits per heavy atom. The van der Waals surface area contributed by atoms with E-state index in [0.717, 1.165) is 23.1 Å². The largest absolute Gasteiger partial charge is 0.338 e. The topological polar surface area (TPSA) is 63.6 Å². The molecule has 2 heterocycles. The third-order valence-corrected chi connectivity index (χ3v) is 3.70. The first kappa shape index (κ1) is 13.8. The molecule has 106 valence electrons. The van der Waals surface area contributed by atoms with Gasteiger partial charge in [-0.2, -0.15) is 0 Å². The summed E-state index contributed by atoms with van der Waals surface area (Å²) in [5.74, 6) is 0.700. The zero-order chi connectivity index (χ0) is 14.7. The lowest BCUT2D eigenvalue weighted by atomic mass is 10.1. The van der Waals surface area contributed by atoms with E-state index in [0.29, 0.717) is 11.0 Å². The highest BCUT2D eigenvalue weighted by molar-refractivity contribution is 7.98. The van der Waals surface area contributed by atoms with Gasteiger partial charge in [0.25, 0.3) is 0 Å². The Morgan fingerprint density at radius 1 is 1.19 bits per heavy atom. The van der Waals surface area contributed by atoms with Crippen LogP contribution in [0.25, 0.3) is 11.0 Å². The van der Waals surface area contributed by atoms with Gasteiger partial charge >= 0.3 is 0 Å². The fourth-order valence-corrected chi connectivity index (χ4v) is 2.37. The minimum Gasteiger partial charge on any atom is -0.338 e. The molecule has 0 aliphatic rings. The van der Waals surface area contributed by atoms with Crippen molar-refractivity contribution in [3.63, 3.8) is 0 Å². The van der Waals surface area contributed by atoms with Crippen LogP contribution in [0.4, 0.5) is 11.5 Å². The first-order chi connectivity index (χ1) is 10.3. The second-order valence-electron chi connectivity index (χ2n) is 4.49. The van der Waals surface area contributed by atoms with E-state index in [9.17, 15) is 0 Å². The molecule has 3 rings (SSSR count). The van der Waals surface area contributed by atoms with Crippen molar-refractivity contribution in [1.82, 2.24) is 19.9 Å². The Kier molecular flexibility index (Phi) is 3.96. The van der Waals surface area contributed by atoms with E-state index < -0.39 is 0 Å². The Bertz CT molecular complexity index is 775. The summed E-state index contributed by atoms with van der Waals surface area (Å²) in [6.45, 7) is 2.14. The highest BCUT2D eigenvalue weighted by Crippen LogP contribution is 2.23. The Labute approximate surface area is 127 Å². The summed E-state index contributed by atoms with van der Waals surface area (Å²) in [5.41, 5.74) is 3.74. The maximum atomic E-state index is 4.50. The molecule has 0 aliphatic heterocycles. The number of benzene rings is 1. The zero-order valence-corrected chi connectivity index (χ0v) is 12.7. The average Bonchev–Trinajstić information content (AvgIpc) is 2.55. The van der Waals surface area contributed by atoms with Crippen LogP contribution >= 0.6 is 11.8 Å². The van der Waals surface area contributed by atoms with Crippen LogP contribution in [0.15, 0.2) is 41.9 Å². The number of thioether (sulfide) groups is 1. The molecule has 5 nitrogen and oxygen atoms in total. The summed E-state index contributed by atoms with van der Waals surface area (Å²) in [6.07, 6.45) is 6.20. The molecule has 0 fully saturated rings. The second-order valence-corrected chi connectivity index (χ2v) is 5.27. The zero-order valence-electron chi connectivity index (χ0n) is 11.9. The fourth-order valence-electron chi connectivity index (χ4n) is 2.03. The molecule has 0 radical (unpaired) electrons. The van der Waals surface area contributed by atoms with Crippen LogP contribution in [-0.2, 0) is 6.42 Å². The molecule has 0 bridgehead atoms. The Morgan fingerprint density at radius 3 is 2.90 bits per heavy atom. The summed E-state index contributed by atoms with van der Waals surface area (Å²) in [6, 6.07) is 8.28. The minimum absolute atomic E-state index is 0.700. The van der Waals surface area contributed by atoms with Gasteiger partial charge in [-0.3, -0.25) is 0 Å². The van der Waals surface area contributed by atoms with Crippen molar-refractivity contribution < 1.29 is 0 Å². The van der Waals surface area contributed by atoms with Gasteiger partial charge < -0.3 is 5.32 Å². The van der Waals surface area contributed by atoms with Crippen molar-refractivity contribution in [3.05, 3.63) is 42.4 Å². The lowest BCUT2D eigenvalue weighted by molar-refractivity contribution is 0.993. The molecule has 1 N–H and O–H groups in total. The van der Waals surface area contributed by atoms with Crippen molar-refractivity contribution in [3.8, 4) is 0 Å². The van der Waals surface area contributed by atoms with Crippen molar-refractivity contribution >= 4 is 34.3 Å². The molecule has 0 aliphatic carbocycles. The lowest BCUT2D eigenvalue weighted by Gasteiger charge is -2.09. The van der Waals surface area contributed by atoms with Crippen molar-refractivity contribution in [2.24, 2.45) is 0 Å². The molecule has 21 heavy (non-hydrogen) atoms. The van der Waals surface area contributed by atoms with Crippen molar-refractivity contribution in [1.29, 1.82) is 0 Å².